The van der Waals surface area contributed by atoms with E-state index in [2.05, 4.69) is 52.5 Å². The first kappa shape index (κ1) is 17.7. The molecule has 0 spiro atoms. The second kappa shape index (κ2) is 8.33. The average molecular weight is 354 g/mol. The van der Waals surface area contributed by atoms with Crippen LogP contribution in [0.2, 0.25) is 0 Å². The minimum absolute atomic E-state index is 0.278. The summed E-state index contributed by atoms with van der Waals surface area (Å²) in [5, 5.41) is 4.84. The Morgan fingerprint density at radius 1 is 1.15 bits per heavy atom. The van der Waals surface area contributed by atoms with Crippen molar-refractivity contribution in [1.29, 1.82) is 0 Å². The number of piperidine rings is 1. The summed E-state index contributed by atoms with van der Waals surface area (Å²) in [4.78, 5) is 9.83. The lowest BCUT2D eigenvalue weighted by Crippen LogP contribution is -2.44. The summed E-state index contributed by atoms with van der Waals surface area (Å²) in [5.41, 5.74) is 2.39. The van der Waals surface area contributed by atoms with Crippen molar-refractivity contribution in [3.8, 4) is 0 Å². The molecule has 26 heavy (non-hydrogen) atoms. The molecule has 0 bridgehead atoms. The summed E-state index contributed by atoms with van der Waals surface area (Å²) in [7, 11) is 2.16. The van der Waals surface area contributed by atoms with E-state index in [1.807, 2.05) is 0 Å². The van der Waals surface area contributed by atoms with Gasteiger partial charge in [0.1, 0.15) is 5.82 Å². The number of benzene rings is 1. The van der Waals surface area contributed by atoms with Gasteiger partial charge in [-0.3, -0.25) is 0 Å². The standard InChI is InChI=1S/C21H30N4O/c1-24-11-12-26-19(16-24)15-22-14-18-13-17-7-3-4-8-20(17)23-21(18)25-9-5-2-6-10-25/h3-4,7-8,13,19,22H,2,5-6,9-12,14-16H2,1H3. The Bertz CT molecular complexity index is 729. The maximum absolute atomic E-state index is 5.87. The maximum Gasteiger partial charge on any atom is 0.133 e. The van der Waals surface area contributed by atoms with Crippen LogP contribution < -0.4 is 10.2 Å². The van der Waals surface area contributed by atoms with Gasteiger partial charge in [0.15, 0.2) is 0 Å². The van der Waals surface area contributed by atoms with Gasteiger partial charge in [0.2, 0.25) is 0 Å². The first-order valence-corrected chi connectivity index (χ1v) is 9.94. The van der Waals surface area contributed by atoms with E-state index in [4.69, 9.17) is 9.72 Å². The van der Waals surface area contributed by atoms with Crippen molar-refractivity contribution in [1.82, 2.24) is 15.2 Å². The maximum atomic E-state index is 5.87. The van der Waals surface area contributed by atoms with Crippen LogP contribution in [0.1, 0.15) is 24.8 Å². The van der Waals surface area contributed by atoms with E-state index in [1.54, 1.807) is 0 Å². The van der Waals surface area contributed by atoms with Gasteiger partial charge in [-0.2, -0.15) is 0 Å². The van der Waals surface area contributed by atoms with Crippen LogP contribution in [0.15, 0.2) is 30.3 Å². The quantitative estimate of drug-likeness (QED) is 0.894. The Morgan fingerprint density at radius 2 is 2.00 bits per heavy atom. The lowest BCUT2D eigenvalue weighted by Gasteiger charge is -2.31. The molecule has 0 aliphatic carbocycles. The van der Waals surface area contributed by atoms with Crippen molar-refractivity contribution in [2.45, 2.75) is 31.9 Å². The first-order chi connectivity index (χ1) is 12.8. The van der Waals surface area contributed by atoms with Crippen LogP contribution >= 0.6 is 0 Å². The number of para-hydroxylation sites is 1. The van der Waals surface area contributed by atoms with E-state index in [1.165, 1.54) is 30.2 Å². The monoisotopic (exact) mass is 354 g/mol. The normalized spacial score (nSPS) is 22.0. The van der Waals surface area contributed by atoms with Gasteiger partial charge in [0, 0.05) is 50.2 Å². The Kier molecular flexibility index (Phi) is 5.68. The van der Waals surface area contributed by atoms with Gasteiger partial charge < -0.3 is 19.9 Å². The first-order valence-electron chi connectivity index (χ1n) is 9.94. The number of morpholine rings is 1. The second-order valence-corrected chi connectivity index (χ2v) is 7.60. The zero-order valence-corrected chi connectivity index (χ0v) is 15.8. The SMILES string of the molecule is CN1CCOC(CNCc2cc3ccccc3nc2N2CCCCC2)C1. The molecule has 1 N–H and O–H groups in total. The predicted molar refractivity (Wildman–Crippen MR) is 107 cm³/mol. The molecule has 2 fully saturated rings. The van der Waals surface area contributed by atoms with Crippen LogP contribution in [-0.2, 0) is 11.3 Å². The van der Waals surface area contributed by atoms with Gasteiger partial charge in [-0.15, -0.1) is 0 Å². The zero-order valence-electron chi connectivity index (χ0n) is 15.8. The molecule has 2 aliphatic heterocycles. The summed E-state index contributed by atoms with van der Waals surface area (Å²) in [6.07, 6.45) is 4.15. The fourth-order valence-corrected chi connectivity index (χ4v) is 4.02. The molecule has 4 rings (SSSR count). The number of anilines is 1. The molecule has 5 heteroatoms. The number of fused-ring (bicyclic) bond motifs is 1. The van der Waals surface area contributed by atoms with Gasteiger partial charge >= 0.3 is 0 Å². The third-order valence-corrected chi connectivity index (χ3v) is 5.46. The molecular weight excluding hydrogens is 324 g/mol. The van der Waals surface area contributed by atoms with E-state index in [0.717, 1.165) is 57.2 Å². The second-order valence-electron chi connectivity index (χ2n) is 7.60. The van der Waals surface area contributed by atoms with E-state index in [9.17, 15) is 0 Å². The highest BCUT2D eigenvalue weighted by atomic mass is 16.5. The summed E-state index contributed by atoms with van der Waals surface area (Å²) in [6, 6.07) is 10.8. The summed E-state index contributed by atoms with van der Waals surface area (Å²) >= 11 is 0. The van der Waals surface area contributed by atoms with Crippen molar-refractivity contribution in [2.75, 3.05) is 51.3 Å². The highest BCUT2D eigenvalue weighted by Crippen LogP contribution is 2.26. The summed E-state index contributed by atoms with van der Waals surface area (Å²) < 4.78 is 5.87. The van der Waals surface area contributed by atoms with Crippen molar-refractivity contribution in [3.63, 3.8) is 0 Å². The minimum Gasteiger partial charge on any atom is -0.374 e. The molecule has 0 amide bonds. The highest BCUT2D eigenvalue weighted by Gasteiger charge is 2.19. The van der Waals surface area contributed by atoms with E-state index in [-0.39, 0.29) is 6.10 Å². The fourth-order valence-electron chi connectivity index (χ4n) is 4.02. The summed E-state index contributed by atoms with van der Waals surface area (Å²) in [6.45, 7) is 6.83. The molecule has 3 heterocycles. The van der Waals surface area contributed by atoms with Gasteiger partial charge in [0.25, 0.3) is 0 Å². The van der Waals surface area contributed by atoms with E-state index in [0.29, 0.717) is 0 Å². The lowest BCUT2D eigenvalue weighted by molar-refractivity contribution is -0.0182. The average Bonchev–Trinajstić information content (AvgIpc) is 2.68. The molecule has 1 aromatic carbocycles. The van der Waals surface area contributed by atoms with Crippen molar-refractivity contribution in [2.24, 2.45) is 0 Å². The Morgan fingerprint density at radius 3 is 2.85 bits per heavy atom. The number of likely N-dealkylation sites (N-methyl/N-ethyl adjacent to an activating group) is 1. The van der Waals surface area contributed by atoms with Crippen molar-refractivity contribution >= 4 is 16.7 Å². The molecule has 5 nitrogen and oxygen atoms in total. The zero-order chi connectivity index (χ0) is 17.8. The molecule has 1 atom stereocenters. The smallest absolute Gasteiger partial charge is 0.133 e. The van der Waals surface area contributed by atoms with Crippen molar-refractivity contribution < 1.29 is 4.74 Å². The molecule has 140 valence electrons. The number of ether oxygens (including phenoxy) is 1. The number of rotatable bonds is 5. The third-order valence-electron chi connectivity index (χ3n) is 5.46. The molecule has 2 aromatic rings. The van der Waals surface area contributed by atoms with E-state index >= 15 is 0 Å². The molecule has 0 saturated carbocycles. The predicted octanol–water partition coefficient (Wildman–Crippen LogP) is 2.65. The van der Waals surface area contributed by atoms with Crippen LogP contribution in [0.5, 0.6) is 0 Å². The van der Waals surface area contributed by atoms with Crippen LogP contribution in [-0.4, -0.2) is 62.4 Å². The number of pyridine rings is 1. The fraction of sp³-hybridized carbons (Fsp3) is 0.571. The minimum atomic E-state index is 0.278. The van der Waals surface area contributed by atoms with Gasteiger partial charge in [0.05, 0.1) is 18.2 Å². The van der Waals surface area contributed by atoms with Crippen LogP contribution in [0, 0.1) is 0 Å². The van der Waals surface area contributed by atoms with Gasteiger partial charge in [-0.1, -0.05) is 18.2 Å². The Hall–Kier alpha value is -1.69. The van der Waals surface area contributed by atoms with Crippen LogP contribution in [0.25, 0.3) is 10.9 Å². The molecule has 2 aliphatic rings. The number of hydrogen-bond acceptors (Lipinski definition) is 5. The Labute approximate surface area is 156 Å². The number of hydrogen-bond donors (Lipinski definition) is 1. The number of aromatic nitrogens is 1. The summed E-state index contributed by atoms with van der Waals surface area (Å²) in [5.74, 6) is 1.16. The van der Waals surface area contributed by atoms with E-state index < -0.39 is 0 Å². The topological polar surface area (TPSA) is 40.6 Å². The molecule has 0 radical (unpaired) electrons. The highest BCUT2D eigenvalue weighted by molar-refractivity contribution is 5.81. The van der Waals surface area contributed by atoms with Gasteiger partial charge in [-0.05, 0) is 38.4 Å². The van der Waals surface area contributed by atoms with Crippen LogP contribution in [0.4, 0.5) is 5.82 Å². The third kappa shape index (κ3) is 4.17. The number of nitrogens with one attached hydrogen (secondary N) is 1. The largest absolute Gasteiger partial charge is 0.374 e. The molecule has 1 unspecified atom stereocenters. The number of nitrogens with zero attached hydrogens (tertiary/aromatic N) is 3. The molecule has 1 aromatic heterocycles. The molecule has 2 saturated heterocycles. The van der Waals surface area contributed by atoms with Crippen LogP contribution in [0.3, 0.4) is 0 Å². The van der Waals surface area contributed by atoms with Gasteiger partial charge in [-0.25, -0.2) is 4.98 Å². The molecular formula is C21H30N4O. The van der Waals surface area contributed by atoms with Crippen molar-refractivity contribution in [3.05, 3.63) is 35.9 Å². The lowest BCUT2D eigenvalue weighted by atomic mass is 10.1. The Balaban J connectivity index is 1.50.